The summed E-state index contributed by atoms with van der Waals surface area (Å²) in [4.78, 5) is 14.3. The van der Waals surface area contributed by atoms with Crippen molar-refractivity contribution in [3.63, 3.8) is 0 Å². The van der Waals surface area contributed by atoms with Gasteiger partial charge in [-0.25, -0.2) is 46.9 Å². The van der Waals surface area contributed by atoms with Crippen molar-refractivity contribution in [2.24, 2.45) is 0 Å². The van der Waals surface area contributed by atoms with Crippen LogP contribution in [-0.4, -0.2) is 112 Å². The minimum atomic E-state index is -6.23. The predicted octanol–water partition coefficient (Wildman–Crippen LogP) is 11.4. The molecule has 0 N–H and O–H groups in total. The van der Waals surface area contributed by atoms with Gasteiger partial charge in [-0.05, 0) is 32.1 Å². The number of ether oxygens (including phenoxy) is 1. The number of sulfonamides is 5. The standard InChI is InChI=1S/C45H88F5N5O12S5/c1-7-12-17-22-27-32-37-68(57,58)51(46)43(52(47)69(59,60)38-33-28-23-18-13-8-2)42(44(56)67-6)45(53(48)70(61,62)39-34-29-24-19-14-9-3,54(49)71(63,64)40-35-30-25-20-15-10-4)55(50)72(65,66)41-36-31-26-21-16-11-5/h7-41H2,1-6H3. The average Bonchev–Trinajstić information content (AvgIpc) is 3.33. The lowest BCUT2D eigenvalue weighted by atomic mass is 10.1. The van der Waals surface area contributed by atoms with E-state index < -0.39 is 157 Å². The van der Waals surface area contributed by atoms with Crippen molar-refractivity contribution in [3.8, 4) is 0 Å². The normalized spacial score (nSPS) is 13.1. The molecule has 0 fully saturated rings. The third-order valence-corrected chi connectivity index (χ3v) is 19.6. The molecule has 0 unspecified atom stereocenters. The number of esters is 1. The topological polar surface area (TPSA) is 213 Å². The van der Waals surface area contributed by atoms with Gasteiger partial charge in [0.1, 0.15) is 5.57 Å². The molecule has 0 atom stereocenters. The summed E-state index contributed by atoms with van der Waals surface area (Å²) in [6, 6.07) is 0. The summed E-state index contributed by atoms with van der Waals surface area (Å²) in [7, 11) is -30.2. The fourth-order valence-electron chi connectivity index (χ4n) is 7.74. The van der Waals surface area contributed by atoms with Crippen molar-refractivity contribution >= 4 is 56.1 Å². The first-order valence-corrected chi connectivity index (χ1v) is 34.1. The largest absolute Gasteiger partial charge is 0.465 e. The number of methoxy groups -OCH3 is 1. The van der Waals surface area contributed by atoms with E-state index in [-0.39, 0.29) is 32.1 Å². The number of halogens is 5. The quantitative estimate of drug-likeness (QED) is 0.0139. The molecule has 0 aromatic carbocycles. The van der Waals surface area contributed by atoms with Gasteiger partial charge in [-0.15, -0.1) is 13.4 Å². The molecule has 0 aliphatic heterocycles. The molecule has 17 nitrogen and oxygen atoms in total. The van der Waals surface area contributed by atoms with Crippen molar-refractivity contribution in [1.82, 2.24) is 22.6 Å². The van der Waals surface area contributed by atoms with Gasteiger partial charge in [0.25, 0.3) is 25.8 Å². The Morgan fingerprint density at radius 2 is 0.542 bits per heavy atom. The number of carbonyl (C=O) groups is 1. The summed E-state index contributed by atoms with van der Waals surface area (Å²) >= 11 is 0. The van der Waals surface area contributed by atoms with E-state index in [1.54, 1.807) is 0 Å². The van der Waals surface area contributed by atoms with Crippen molar-refractivity contribution in [3.05, 3.63) is 11.4 Å². The Balaban J connectivity index is 9.17. The molecule has 0 bridgehead atoms. The average molecular weight is 1150 g/mol. The molecular formula is C45H88F5N5O12S5. The van der Waals surface area contributed by atoms with Crippen LogP contribution in [0.25, 0.3) is 0 Å². The third kappa shape index (κ3) is 23.1. The first-order valence-electron chi connectivity index (χ1n) is 26.1. The fourth-order valence-corrected chi connectivity index (χ4v) is 14.3. The highest BCUT2D eigenvalue weighted by atomic mass is 32.2. The second-order valence-corrected chi connectivity index (χ2v) is 27.8. The molecule has 27 heteroatoms. The maximum Gasteiger partial charge on any atom is 0.342 e. The molecule has 0 amide bonds. The van der Waals surface area contributed by atoms with E-state index in [2.05, 4.69) is 4.74 Å². The lowest BCUT2D eigenvalue weighted by Gasteiger charge is -2.43. The third-order valence-electron chi connectivity index (χ3n) is 12.0. The summed E-state index contributed by atoms with van der Waals surface area (Å²) in [6.45, 7) is 9.38. The van der Waals surface area contributed by atoms with E-state index in [4.69, 9.17) is 0 Å². The summed E-state index contributed by atoms with van der Waals surface area (Å²) in [5.74, 6) is -18.8. The second kappa shape index (κ2) is 36.2. The minimum Gasteiger partial charge on any atom is -0.465 e. The summed E-state index contributed by atoms with van der Waals surface area (Å²) in [5, 5.41) is 0. The monoisotopic (exact) mass is 1150 g/mol. The van der Waals surface area contributed by atoms with Crippen LogP contribution in [0.15, 0.2) is 11.4 Å². The molecule has 0 aromatic rings. The first-order chi connectivity index (χ1) is 33.8. The van der Waals surface area contributed by atoms with Crippen molar-refractivity contribution < 1.29 is 74.0 Å². The molecule has 0 rings (SSSR count). The Bertz CT molecular complexity index is 1950. The molecule has 0 saturated carbocycles. The van der Waals surface area contributed by atoms with Gasteiger partial charge in [0.15, 0.2) is 0 Å². The highest BCUT2D eigenvalue weighted by molar-refractivity contribution is 7.91. The van der Waals surface area contributed by atoms with Gasteiger partial charge in [0, 0.05) is 13.6 Å². The van der Waals surface area contributed by atoms with Gasteiger partial charge < -0.3 is 4.74 Å². The van der Waals surface area contributed by atoms with Crippen molar-refractivity contribution in [2.75, 3.05) is 35.9 Å². The molecule has 0 heterocycles. The zero-order valence-electron chi connectivity index (χ0n) is 43.8. The number of carbonyl (C=O) groups excluding carboxylic acids is 1. The lowest BCUT2D eigenvalue weighted by molar-refractivity contribution is -0.220. The van der Waals surface area contributed by atoms with Crippen LogP contribution >= 0.6 is 0 Å². The van der Waals surface area contributed by atoms with Gasteiger partial charge in [-0.2, -0.15) is 0 Å². The van der Waals surface area contributed by atoms with Crippen LogP contribution in [0.1, 0.15) is 227 Å². The van der Waals surface area contributed by atoms with Gasteiger partial charge in [0.05, 0.1) is 35.9 Å². The molecule has 430 valence electrons. The second-order valence-electron chi connectivity index (χ2n) is 18.3. The molecular weight excluding hydrogens is 1060 g/mol. The van der Waals surface area contributed by atoms with Crippen LogP contribution in [0.4, 0.5) is 22.4 Å². The molecule has 0 aliphatic rings. The fraction of sp³-hybridized carbons (Fsp3) is 0.933. The van der Waals surface area contributed by atoms with E-state index in [0.29, 0.717) is 90.6 Å². The highest BCUT2D eigenvalue weighted by Crippen LogP contribution is 2.45. The maximum absolute atomic E-state index is 18.0. The summed E-state index contributed by atoms with van der Waals surface area (Å²) < 4.78 is 225. The van der Waals surface area contributed by atoms with Crippen molar-refractivity contribution in [2.45, 2.75) is 233 Å². The van der Waals surface area contributed by atoms with E-state index in [9.17, 15) is 46.9 Å². The maximum atomic E-state index is 18.0. The van der Waals surface area contributed by atoms with Crippen LogP contribution in [0, 0.1) is 0 Å². The van der Waals surface area contributed by atoms with Gasteiger partial charge >= 0.3 is 5.97 Å². The van der Waals surface area contributed by atoms with E-state index in [0.717, 1.165) is 44.9 Å². The SMILES string of the molecule is CCCCCCCCS(=O)(=O)N(F)C(=C(C(=O)OC)C(N(F)S(=O)(=O)CCCCCCCC)(N(F)S(=O)(=O)CCCCCCCC)N(F)S(=O)(=O)CCCCCCCC)N(F)S(=O)(=O)CCCCCCCC. The number of nitrogens with zero attached hydrogens (tertiary/aromatic N) is 5. The molecule has 0 spiro atoms. The van der Waals surface area contributed by atoms with Crippen LogP contribution < -0.4 is 0 Å². The Morgan fingerprint density at radius 1 is 0.347 bits per heavy atom. The van der Waals surface area contributed by atoms with Crippen LogP contribution in [0.3, 0.4) is 0 Å². The summed E-state index contributed by atoms with van der Waals surface area (Å²) in [5.41, 5.74) is -3.01. The molecule has 0 aliphatic carbocycles. The Labute approximate surface area is 430 Å². The number of rotatable bonds is 47. The highest BCUT2D eigenvalue weighted by Gasteiger charge is 2.70. The van der Waals surface area contributed by atoms with Crippen LogP contribution in [0.2, 0.25) is 0 Å². The predicted molar refractivity (Wildman–Crippen MR) is 272 cm³/mol. The Morgan fingerprint density at radius 3 is 0.750 bits per heavy atom. The first kappa shape index (κ1) is 70.1. The lowest BCUT2D eigenvalue weighted by Crippen LogP contribution is -2.70. The van der Waals surface area contributed by atoms with E-state index in [1.165, 1.54) is 0 Å². The summed E-state index contributed by atoms with van der Waals surface area (Å²) in [6.07, 6.45) is 9.32. The Kier molecular flexibility index (Phi) is 35.2. The smallest absolute Gasteiger partial charge is 0.342 e. The van der Waals surface area contributed by atoms with Gasteiger partial charge in [0.2, 0.25) is 35.9 Å². The van der Waals surface area contributed by atoms with Gasteiger partial charge in [-0.3, -0.25) is 0 Å². The molecule has 0 aromatic heterocycles. The molecule has 0 saturated heterocycles. The Hall–Kier alpha value is -1.91. The van der Waals surface area contributed by atoms with E-state index in [1.807, 2.05) is 34.6 Å². The van der Waals surface area contributed by atoms with Crippen LogP contribution in [-0.2, 0) is 59.6 Å². The van der Waals surface area contributed by atoms with E-state index >= 15 is 22.4 Å². The molecule has 0 radical (unpaired) electrons. The number of hydrogen-bond donors (Lipinski definition) is 0. The minimum absolute atomic E-state index is 0.0136. The molecule has 72 heavy (non-hydrogen) atoms. The number of hydrogen-bond acceptors (Lipinski definition) is 12. The van der Waals surface area contributed by atoms with Crippen molar-refractivity contribution in [1.29, 1.82) is 0 Å². The van der Waals surface area contributed by atoms with Crippen LogP contribution in [0.5, 0.6) is 0 Å². The number of unbranched alkanes of at least 4 members (excludes halogenated alkanes) is 25. The van der Waals surface area contributed by atoms with Gasteiger partial charge in [-0.1, -0.05) is 213 Å². The zero-order valence-corrected chi connectivity index (χ0v) is 47.9. The zero-order chi connectivity index (χ0) is 55.1.